The van der Waals surface area contributed by atoms with Gasteiger partial charge in [-0.1, -0.05) is 0 Å². The third-order valence-corrected chi connectivity index (χ3v) is 1.77. The molecule has 0 aliphatic carbocycles. The molecular formula is C10H10FNO4. The van der Waals surface area contributed by atoms with Crippen LogP contribution in [-0.2, 0) is 4.74 Å². The number of ether oxygens (including phenoxy) is 2. The average molecular weight is 227 g/mol. The smallest absolute Gasteiger partial charge is 0.404 e. The van der Waals surface area contributed by atoms with Crippen LogP contribution in [0.4, 0.5) is 9.18 Å². The molecule has 0 fully saturated rings. The van der Waals surface area contributed by atoms with Gasteiger partial charge in [-0.15, -0.1) is 0 Å². The van der Waals surface area contributed by atoms with E-state index in [-0.39, 0.29) is 11.3 Å². The molecule has 1 amide bonds. The summed E-state index contributed by atoms with van der Waals surface area (Å²) in [4.78, 5) is 21.7. The fourth-order valence-electron chi connectivity index (χ4n) is 1.06. The average Bonchev–Trinajstić information content (AvgIpc) is 2.24. The first-order valence-corrected chi connectivity index (χ1v) is 4.33. The lowest BCUT2D eigenvalue weighted by Crippen LogP contribution is -2.19. The Morgan fingerprint density at radius 1 is 1.38 bits per heavy atom. The summed E-state index contributed by atoms with van der Waals surface area (Å²) in [5, 5.41) is 0. The number of carbonyl (C=O) groups is 2. The van der Waals surface area contributed by atoms with Gasteiger partial charge in [-0.25, -0.2) is 9.18 Å². The minimum absolute atomic E-state index is 0.0538. The quantitative estimate of drug-likeness (QED) is 0.781. The standard InChI is InChI=1S/C10H10FNO4/c1-15-8-3-6(2-7(11)4-8)9(13)5-16-10(12)14/h2-4H,5H2,1H3,(H2,12,14). The first kappa shape index (κ1) is 12.0. The van der Waals surface area contributed by atoms with Crippen molar-refractivity contribution in [2.45, 2.75) is 0 Å². The Kier molecular flexibility index (Phi) is 3.82. The normalized spacial score (nSPS) is 9.62. The van der Waals surface area contributed by atoms with Gasteiger partial charge in [0.05, 0.1) is 7.11 Å². The largest absolute Gasteiger partial charge is 0.497 e. The number of Topliss-reactive ketones (excluding diaryl/α,β-unsaturated/α-hetero) is 1. The molecule has 86 valence electrons. The summed E-state index contributed by atoms with van der Waals surface area (Å²) in [6.45, 7) is -0.526. The molecule has 0 heterocycles. The van der Waals surface area contributed by atoms with Crippen molar-refractivity contribution in [1.29, 1.82) is 0 Å². The molecule has 1 aromatic rings. The maximum atomic E-state index is 13.0. The van der Waals surface area contributed by atoms with Gasteiger partial charge in [-0.3, -0.25) is 4.79 Å². The number of nitrogens with two attached hydrogens (primary N) is 1. The maximum Gasteiger partial charge on any atom is 0.404 e. The van der Waals surface area contributed by atoms with Gasteiger partial charge in [-0.05, 0) is 12.1 Å². The van der Waals surface area contributed by atoms with Gasteiger partial charge in [0.2, 0.25) is 5.78 Å². The van der Waals surface area contributed by atoms with E-state index in [1.54, 1.807) is 0 Å². The number of ketones is 1. The van der Waals surface area contributed by atoms with Crippen molar-refractivity contribution in [3.63, 3.8) is 0 Å². The fourth-order valence-corrected chi connectivity index (χ4v) is 1.06. The second-order valence-electron chi connectivity index (χ2n) is 2.91. The SMILES string of the molecule is COc1cc(F)cc(C(=O)COC(N)=O)c1. The number of halogens is 1. The van der Waals surface area contributed by atoms with Gasteiger partial charge in [0, 0.05) is 11.6 Å². The van der Waals surface area contributed by atoms with Crippen molar-refractivity contribution in [3.05, 3.63) is 29.6 Å². The third kappa shape index (κ3) is 3.23. The van der Waals surface area contributed by atoms with E-state index in [9.17, 15) is 14.0 Å². The van der Waals surface area contributed by atoms with E-state index in [1.807, 2.05) is 0 Å². The Labute approximate surface area is 90.9 Å². The highest BCUT2D eigenvalue weighted by molar-refractivity contribution is 5.98. The molecule has 0 spiro atoms. The van der Waals surface area contributed by atoms with Gasteiger partial charge in [0.15, 0.2) is 6.61 Å². The van der Waals surface area contributed by atoms with Crippen LogP contribution in [0.1, 0.15) is 10.4 Å². The number of benzene rings is 1. The van der Waals surface area contributed by atoms with E-state index in [2.05, 4.69) is 4.74 Å². The topological polar surface area (TPSA) is 78.6 Å². The molecule has 1 rings (SSSR count). The highest BCUT2D eigenvalue weighted by Crippen LogP contribution is 2.16. The van der Waals surface area contributed by atoms with Crippen LogP contribution in [0, 0.1) is 5.82 Å². The van der Waals surface area contributed by atoms with Crippen molar-refractivity contribution in [2.75, 3.05) is 13.7 Å². The molecule has 2 N–H and O–H groups in total. The monoisotopic (exact) mass is 227 g/mol. The molecular weight excluding hydrogens is 217 g/mol. The molecule has 0 aromatic heterocycles. The van der Waals surface area contributed by atoms with Crippen LogP contribution in [0.15, 0.2) is 18.2 Å². The molecule has 0 atom stereocenters. The Morgan fingerprint density at radius 2 is 2.06 bits per heavy atom. The zero-order valence-corrected chi connectivity index (χ0v) is 8.53. The third-order valence-electron chi connectivity index (χ3n) is 1.77. The maximum absolute atomic E-state index is 13.0. The molecule has 0 saturated carbocycles. The van der Waals surface area contributed by atoms with Crippen LogP contribution in [0.25, 0.3) is 0 Å². The van der Waals surface area contributed by atoms with Crippen LogP contribution in [0.3, 0.4) is 0 Å². The van der Waals surface area contributed by atoms with Crippen LogP contribution >= 0.6 is 0 Å². The molecule has 0 saturated heterocycles. The lowest BCUT2D eigenvalue weighted by atomic mass is 10.1. The number of rotatable bonds is 4. The van der Waals surface area contributed by atoms with Crippen molar-refractivity contribution >= 4 is 11.9 Å². The molecule has 0 aliphatic rings. The Morgan fingerprint density at radius 3 is 2.62 bits per heavy atom. The molecule has 1 aromatic carbocycles. The number of hydrogen-bond acceptors (Lipinski definition) is 4. The molecule has 0 bridgehead atoms. The minimum Gasteiger partial charge on any atom is -0.497 e. The number of methoxy groups -OCH3 is 1. The fraction of sp³-hybridized carbons (Fsp3) is 0.200. The lowest BCUT2D eigenvalue weighted by Gasteiger charge is -2.04. The summed E-state index contributed by atoms with van der Waals surface area (Å²) in [5.74, 6) is -0.958. The van der Waals surface area contributed by atoms with Gasteiger partial charge >= 0.3 is 6.09 Å². The number of primary amides is 1. The molecule has 0 radical (unpaired) electrons. The Bertz CT molecular complexity index is 419. The van der Waals surface area contributed by atoms with Crippen molar-refractivity contribution in [2.24, 2.45) is 5.73 Å². The zero-order chi connectivity index (χ0) is 12.1. The first-order valence-electron chi connectivity index (χ1n) is 4.33. The highest BCUT2D eigenvalue weighted by atomic mass is 19.1. The van der Waals surface area contributed by atoms with E-state index < -0.39 is 24.3 Å². The van der Waals surface area contributed by atoms with Gasteiger partial charge in [-0.2, -0.15) is 0 Å². The minimum atomic E-state index is -1.06. The Balaban J connectivity index is 2.82. The number of amides is 1. The predicted molar refractivity (Wildman–Crippen MR) is 52.8 cm³/mol. The molecule has 0 unspecified atom stereocenters. The number of hydrogen-bond donors (Lipinski definition) is 1. The van der Waals surface area contributed by atoms with Crippen molar-refractivity contribution in [1.82, 2.24) is 0 Å². The summed E-state index contributed by atoms with van der Waals surface area (Å²) in [5.41, 5.74) is 4.75. The predicted octanol–water partition coefficient (Wildman–Crippen LogP) is 1.11. The summed E-state index contributed by atoms with van der Waals surface area (Å²) in [6.07, 6.45) is -1.06. The lowest BCUT2D eigenvalue weighted by molar-refractivity contribution is 0.0857. The van der Waals surface area contributed by atoms with Crippen molar-refractivity contribution in [3.8, 4) is 5.75 Å². The molecule has 6 heteroatoms. The second-order valence-corrected chi connectivity index (χ2v) is 2.91. The molecule has 5 nitrogen and oxygen atoms in total. The number of carbonyl (C=O) groups excluding carboxylic acids is 2. The Hall–Kier alpha value is -2.11. The van der Waals surface area contributed by atoms with Gasteiger partial charge < -0.3 is 15.2 Å². The van der Waals surface area contributed by atoms with E-state index in [0.717, 1.165) is 12.1 Å². The zero-order valence-electron chi connectivity index (χ0n) is 8.53. The van der Waals surface area contributed by atoms with Gasteiger partial charge in [0.25, 0.3) is 0 Å². The van der Waals surface area contributed by atoms with E-state index in [1.165, 1.54) is 13.2 Å². The summed E-state index contributed by atoms with van der Waals surface area (Å²) in [6, 6.07) is 3.50. The molecule has 16 heavy (non-hydrogen) atoms. The van der Waals surface area contributed by atoms with E-state index >= 15 is 0 Å². The van der Waals surface area contributed by atoms with Crippen LogP contribution < -0.4 is 10.5 Å². The van der Waals surface area contributed by atoms with E-state index in [4.69, 9.17) is 10.5 Å². The van der Waals surface area contributed by atoms with E-state index in [0.29, 0.717) is 0 Å². The van der Waals surface area contributed by atoms with Crippen molar-refractivity contribution < 1.29 is 23.5 Å². The summed E-state index contributed by atoms with van der Waals surface area (Å²) < 4.78 is 22.1. The van der Waals surface area contributed by atoms with Crippen LogP contribution in [0.5, 0.6) is 5.75 Å². The highest BCUT2D eigenvalue weighted by Gasteiger charge is 2.11. The first-order chi connectivity index (χ1) is 7.52. The second kappa shape index (κ2) is 5.11. The summed E-state index contributed by atoms with van der Waals surface area (Å²) >= 11 is 0. The van der Waals surface area contributed by atoms with Crippen LogP contribution in [-0.4, -0.2) is 25.6 Å². The van der Waals surface area contributed by atoms with Crippen LogP contribution in [0.2, 0.25) is 0 Å². The van der Waals surface area contributed by atoms with Gasteiger partial charge in [0.1, 0.15) is 11.6 Å². The summed E-state index contributed by atoms with van der Waals surface area (Å²) in [7, 11) is 1.35. The molecule has 0 aliphatic heterocycles.